The molecular formula is C30H27ClFN5O2. The zero-order valence-electron chi connectivity index (χ0n) is 21.3. The van der Waals surface area contributed by atoms with Gasteiger partial charge in [0.2, 0.25) is 0 Å². The van der Waals surface area contributed by atoms with Gasteiger partial charge in [-0.2, -0.15) is 0 Å². The molecule has 0 spiro atoms. The number of aromatic amines is 1. The molecule has 5 aromatic rings. The summed E-state index contributed by atoms with van der Waals surface area (Å²) in [5.41, 5.74) is 4.29. The minimum absolute atomic E-state index is 0.0330. The number of piperazine rings is 1. The van der Waals surface area contributed by atoms with Crippen molar-refractivity contribution in [2.24, 2.45) is 7.05 Å². The maximum Gasteiger partial charge on any atom is 0.332 e. The topological polar surface area (TPSA) is 78.2 Å². The van der Waals surface area contributed by atoms with Gasteiger partial charge in [0.25, 0.3) is 0 Å². The average Bonchev–Trinajstić information content (AvgIpc) is 3.63. The van der Waals surface area contributed by atoms with Crippen LogP contribution in [0.4, 0.5) is 10.1 Å². The number of aromatic nitrogens is 3. The molecule has 39 heavy (non-hydrogen) atoms. The zero-order chi connectivity index (χ0) is 26.8. The fourth-order valence-electron chi connectivity index (χ4n) is 6.11. The molecule has 0 aliphatic carbocycles. The van der Waals surface area contributed by atoms with Gasteiger partial charge in [-0.3, -0.25) is 4.57 Å². The number of H-pyrrole nitrogens is 1. The smallest absolute Gasteiger partial charge is 0.332 e. The summed E-state index contributed by atoms with van der Waals surface area (Å²) >= 11 is 6.57. The maximum absolute atomic E-state index is 15.1. The van der Waals surface area contributed by atoms with Crippen LogP contribution >= 0.6 is 11.6 Å². The van der Waals surface area contributed by atoms with Crippen molar-refractivity contribution < 1.29 is 9.50 Å². The van der Waals surface area contributed by atoms with E-state index in [1.807, 2.05) is 12.3 Å². The average molecular weight is 544 g/mol. The van der Waals surface area contributed by atoms with Crippen molar-refractivity contribution in [3.8, 4) is 33.7 Å². The molecule has 198 valence electrons. The van der Waals surface area contributed by atoms with Crippen LogP contribution in [-0.4, -0.2) is 44.4 Å². The van der Waals surface area contributed by atoms with Gasteiger partial charge in [0.05, 0.1) is 10.7 Å². The van der Waals surface area contributed by atoms with E-state index in [0.29, 0.717) is 39.5 Å². The van der Waals surface area contributed by atoms with E-state index in [0.717, 1.165) is 35.2 Å². The number of anilines is 1. The maximum atomic E-state index is 15.1. The number of imidazole rings is 1. The van der Waals surface area contributed by atoms with Crippen molar-refractivity contribution in [1.29, 1.82) is 0 Å². The monoisotopic (exact) mass is 543 g/mol. The van der Waals surface area contributed by atoms with Crippen molar-refractivity contribution in [3.05, 3.63) is 88.4 Å². The molecule has 2 saturated heterocycles. The van der Waals surface area contributed by atoms with Crippen LogP contribution in [0.5, 0.6) is 5.75 Å². The number of aromatic hydroxyl groups is 1. The first-order valence-electron chi connectivity index (χ1n) is 13.0. The van der Waals surface area contributed by atoms with E-state index >= 15 is 4.39 Å². The van der Waals surface area contributed by atoms with Gasteiger partial charge >= 0.3 is 5.69 Å². The lowest BCUT2D eigenvalue weighted by Gasteiger charge is -2.35. The highest BCUT2D eigenvalue weighted by Gasteiger charge is 2.33. The largest absolute Gasteiger partial charge is 0.507 e. The Labute approximate surface area is 229 Å². The fraction of sp³-hybridized carbons (Fsp3) is 0.233. The lowest BCUT2D eigenvalue weighted by molar-refractivity contribution is 0.466. The summed E-state index contributed by atoms with van der Waals surface area (Å²) in [5.74, 6) is -0.500. The number of halogens is 2. The molecule has 7 nitrogen and oxygen atoms in total. The van der Waals surface area contributed by atoms with Crippen molar-refractivity contribution in [3.63, 3.8) is 0 Å². The van der Waals surface area contributed by atoms with Crippen molar-refractivity contribution in [2.45, 2.75) is 24.9 Å². The lowest BCUT2D eigenvalue weighted by atomic mass is 9.95. The second kappa shape index (κ2) is 9.03. The Balaban J connectivity index is 1.32. The third-order valence-corrected chi connectivity index (χ3v) is 8.36. The number of fused-ring (bicyclic) bond motifs is 3. The van der Waals surface area contributed by atoms with Gasteiger partial charge in [-0.15, -0.1) is 0 Å². The van der Waals surface area contributed by atoms with Gasteiger partial charge in [0.1, 0.15) is 11.6 Å². The highest BCUT2D eigenvalue weighted by molar-refractivity contribution is 6.32. The molecule has 0 amide bonds. The molecule has 2 aliphatic heterocycles. The highest BCUT2D eigenvalue weighted by Crippen LogP contribution is 2.43. The third-order valence-electron chi connectivity index (χ3n) is 8.06. The first kappa shape index (κ1) is 24.1. The van der Waals surface area contributed by atoms with Crippen LogP contribution in [0.25, 0.3) is 38.8 Å². The van der Waals surface area contributed by atoms with E-state index in [4.69, 9.17) is 11.6 Å². The molecule has 2 unspecified atom stereocenters. The Morgan fingerprint density at radius 3 is 2.38 bits per heavy atom. The lowest BCUT2D eigenvalue weighted by Crippen LogP contribution is -2.51. The van der Waals surface area contributed by atoms with Gasteiger partial charge < -0.3 is 24.9 Å². The summed E-state index contributed by atoms with van der Waals surface area (Å²) in [6.45, 7) is 1.83. The third kappa shape index (κ3) is 4.02. The van der Waals surface area contributed by atoms with E-state index in [2.05, 4.69) is 27.3 Å². The molecular weight excluding hydrogens is 517 g/mol. The Morgan fingerprint density at radius 2 is 1.69 bits per heavy atom. The number of nitrogens with zero attached hydrogens (tertiary/aromatic N) is 3. The van der Waals surface area contributed by atoms with Gasteiger partial charge in [0, 0.05) is 78.5 Å². The Bertz CT molecular complexity index is 1790. The Hall–Kier alpha value is -4.01. The molecule has 0 radical (unpaired) electrons. The molecule has 3 aromatic carbocycles. The minimum Gasteiger partial charge on any atom is -0.507 e. The molecule has 2 aliphatic rings. The normalized spacial score (nSPS) is 18.8. The predicted molar refractivity (Wildman–Crippen MR) is 153 cm³/mol. The quantitative estimate of drug-likeness (QED) is 0.282. The number of hydrogen-bond donors (Lipinski definition) is 3. The fourth-order valence-corrected chi connectivity index (χ4v) is 6.39. The van der Waals surface area contributed by atoms with Crippen LogP contribution in [0, 0.1) is 5.82 Å². The molecule has 2 aromatic heterocycles. The van der Waals surface area contributed by atoms with Crippen LogP contribution in [0.1, 0.15) is 12.8 Å². The Kier molecular flexibility index (Phi) is 5.57. The molecule has 4 heterocycles. The second-order valence-electron chi connectivity index (χ2n) is 10.6. The summed E-state index contributed by atoms with van der Waals surface area (Å²) in [5, 5.41) is 16.6. The van der Waals surface area contributed by atoms with Crippen LogP contribution in [0.3, 0.4) is 0 Å². The van der Waals surface area contributed by atoms with Gasteiger partial charge in [0.15, 0.2) is 0 Å². The van der Waals surface area contributed by atoms with E-state index < -0.39 is 5.82 Å². The van der Waals surface area contributed by atoms with Crippen molar-refractivity contribution >= 4 is 28.2 Å². The second-order valence-corrected chi connectivity index (χ2v) is 11.0. The van der Waals surface area contributed by atoms with Gasteiger partial charge in [-0.25, -0.2) is 9.18 Å². The van der Waals surface area contributed by atoms with Crippen molar-refractivity contribution in [1.82, 2.24) is 19.4 Å². The predicted octanol–water partition coefficient (Wildman–Crippen LogP) is 5.43. The summed E-state index contributed by atoms with van der Waals surface area (Å²) < 4.78 is 18.0. The first-order valence-corrected chi connectivity index (χ1v) is 13.4. The van der Waals surface area contributed by atoms with Crippen LogP contribution in [0.2, 0.25) is 5.02 Å². The first-order chi connectivity index (χ1) is 18.9. The van der Waals surface area contributed by atoms with Crippen molar-refractivity contribution in [2.75, 3.05) is 18.0 Å². The Morgan fingerprint density at radius 1 is 0.949 bits per heavy atom. The van der Waals surface area contributed by atoms with E-state index in [-0.39, 0.29) is 11.4 Å². The highest BCUT2D eigenvalue weighted by atomic mass is 35.5. The molecule has 2 bridgehead atoms. The number of phenolic OH excluding ortho intramolecular Hbond substituents is 1. The molecule has 0 saturated carbocycles. The number of rotatable bonds is 4. The van der Waals surface area contributed by atoms with Gasteiger partial charge in [-0.05, 0) is 66.4 Å². The molecule has 9 heteroatoms. The van der Waals surface area contributed by atoms with Crippen LogP contribution < -0.4 is 15.9 Å². The molecule has 7 rings (SSSR count). The minimum atomic E-state index is -0.467. The molecule has 2 fully saturated rings. The SMILES string of the molecule is Cn1ccn(-c2ccc(-c3cc(F)cc(-c4cc(N5CC6CCC(C5)N6)c5cc[nH]c5c4)c3O)cc2Cl)c1=O. The van der Waals surface area contributed by atoms with Gasteiger partial charge in [-0.1, -0.05) is 17.7 Å². The van der Waals surface area contributed by atoms with E-state index in [9.17, 15) is 9.90 Å². The van der Waals surface area contributed by atoms with E-state index in [1.54, 1.807) is 37.6 Å². The van der Waals surface area contributed by atoms with Crippen LogP contribution in [-0.2, 0) is 7.05 Å². The number of phenols is 1. The number of aryl methyl sites for hydroxylation is 1. The number of benzene rings is 3. The van der Waals surface area contributed by atoms with Crippen LogP contribution in [0.15, 0.2) is 71.9 Å². The zero-order valence-corrected chi connectivity index (χ0v) is 22.0. The number of hydrogen-bond acceptors (Lipinski definition) is 4. The summed E-state index contributed by atoms with van der Waals surface area (Å²) in [7, 11) is 1.66. The summed E-state index contributed by atoms with van der Waals surface area (Å²) in [6, 6.07) is 14.8. The molecule has 3 N–H and O–H groups in total. The summed E-state index contributed by atoms with van der Waals surface area (Å²) in [6.07, 6.45) is 7.54. The number of nitrogens with one attached hydrogen (secondary N) is 2. The standard InChI is InChI=1S/C30H27ClFN5O2/c1-35-8-9-37(30(35)39)27-5-2-17(10-25(27)31)23-13-19(32)14-24(29(23)38)18-11-26-22(6-7-33-26)28(12-18)36-15-20-3-4-21(16-36)34-20/h2,5-14,20-21,33-34,38H,3-4,15-16H2,1H3. The summed E-state index contributed by atoms with van der Waals surface area (Å²) in [4.78, 5) is 18.1. The molecule has 2 atom stereocenters. The van der Waals surface area contributed by atoms with E-state index in [1.165, 1.54) is 34.1 Å².